The van der Waals surface area contributed by atoms with E-state index in [9.17, 15) is 9.59 Å². The number of amides is 2. The summed E-state index contributed by atoms with van der Waals surface area (Å²) in [5.41, 5.74) is 2.12. The maximum absolute atomic E-state index is 13.1. The number of rotatable bonds is 2. The summed E-state index contributed by atoms with van der Waals surface area (Å²) in [6, 6.07) is 9.30. The molecule has 4 rings (SSSR count). The highest BCUT2D eigenvalue weighted by Gasteiger charge is 2.31. The minimum atomic E-state index is -0.0479. The summed E-state index contributed by atoms with van der Waals surface area (Å²) in [7, 11) is 0. The van der Waals surface area contributed by atoms with Crippen molar-refractivity contribution in [1.29, 1.82) is 0 Å². The molecular weight excluding hydrogens is 370 g/mol. The van der Waals surface area contributed by atoms with E-state index in [0.29, 0.717) is 22.1 Å². The Kier molecular flexibility index (Phi) is 5.15. The molecule has 0 radical (unpaired) electrons. The van der Waals surface area contributed by atoms with Crippen molar-refractivity contribution < 1.29 is 9.59 Å². The van der Waals surface area contributed by atoms with Gasteiger partial charge in [-0.25, -0.2) is 4.98 Å². The lowest BCUT2D eigenvalue weighted by atomic mass is 9.99. The maximum Gasteiger partial charge on any atom is 0.261 e. The molecule has 0 aliphatic carbocycles. The predicted octanol–water partition coefficient (Wildman–Crippen LogP) is 4.47. The Hall–Kier alpha value is -2.34. The van der Waals surface area contributed by atoms with Crippen LogP contribution in [0.1, 0.15) is 54.3 Å². The molecule has 1 fully saturated rings. The minimum Gasteiger partial charge on any atom is -0.338 e. The Bertz CT molecular complexity index is 928. The molecule has 1 aromatic heterocycles. The third-order valence-electron chi connectivity index (χ3n) is 5.35. The van der Waals surface area contributed by atoms with Gasteiger partial charge in [0.05, 0.1) is 11.3 Å². The van der Waals surface area contributed by atoms with Gasteiger partial charge in [0.2, 0.25) is 0 Å². The van der Waals surface area contributed by atoms with Gasteiger partial charge in [-0.15, -0.1) is 0 Å². The Labute approximate surface area is 170 Å². The average molecular weight is 396 g/mol. The van der Waals surface area contributed by atoms with Crippen LogP contribution in [-0.4, -0.2) is 40.8 Å². The molecule has 0 saturated carbocycles. The zero-order valence-electron chi connectivity index (χ0n) is 16.5. The van der Waals surface area contributed by atoms with Crippen molar-refractivity contribution in [3.05, 3.63) is 47.7 Å². The zero-order valence-corrected chi connectivity index (χ0v) is 17.3. The van der Waals surface area contributed by atoms with E-state index in [-0.39, 0.29) is 17.9 Å². The first kappa shape index (κ1) is 19.0. The average Bonchev–Trinajstić information content (AvgIpc) is 2.80. The van der Waals surface area contributed by atoms with Gasteiger partial charge in [-0.1, -0.05) is 18.7 Å². The van der Waals surface area contributed by atoms with Crippen molar-refractivity contribution in [2.45, 2.75) is 49.6 Å². The van der Waals surface area contributed by atoms with Crippen LogP contribution in [0.2, 0.25) is 0 Å². The molecular formula is C22H25N3O2S. The molecule has 2 aliphatic rings. The first-order valence-electron chi connectivity index (χ1n) is 9.85. The van der Waals surface area contributed by atoms with E-state index in [4.69, 9.17) is 0 Å². The van der Waals surface area contributed by atoms with Crippen molar-refractivity contribution in [3.63, 3.8) is 0 Å². The number of carbonyl (C=O) groups excluding carboxylic acids is 2. The van der Waals surface area contributed by atoms with E-state index in [1.165, 1.54) is 18.2 Å². The molecule has 6 heteroatoms. The summed E-state index contributed by atoms with van der Waals surface area (Å²) in [4.78, 5) is 35.3. The number of benzene rings is 1. The summed E-state index contributed by atoms with van der Waals surface area (Å²) < 4.78 is 0. The topological polar surface area (TPSA) is 53.5 Å². The Balaban J connectivity index is 1.75. The van der Waals surface area contributed by atoms with Gasteiger partial charge in [-0.2, -0.15) is 0 Å². The van der Waals surface area contributed by atoms with Crippen LogP contribution in [0.15, 0.2) is 46.5 Å². The number of hydrogen-bond donors (Lipinski definition) is 0. The molecule has 0 N–H and O–H groups in total. The minimum absolute atomic E-state index is 0.00232. The van der Waals surface area contributed by atoms with E-state index in [1.54, 1.807) is 17.2 Å². The first-order chi connectivity index (χ1) is 13.5. The lowest BCUT2D eigenvalue weighted by molar-refractivity contribution is 0.0682. The summed E-state index contributed by atoms with van der Waals surface area (Å²) >= 11 is 1.46. The maximum atomic E-state index is 13.1. The molecule has 0 spiro atoms. The molecule has 0 bridgehead atoms. The molecule has 2 aromatic rings. The fraction of sp³-hybridized carbons (Fsp3) is 0.409. The lowest BCUT2D eigenvalue weighted by Crippen LogP contribution is -2.39. The second kappa shape index (κ2) is 7.59. The molecule has 146 valence electrons. The van der Waals surface area contributed by atoms with Crippen molar-refractivity contribution >= 4 is 29.3 Å². The molecule has 3 heterocycles. The largest absolute Gasteiger partial charge is 0.338 e. The quantitative estimate of drug-likeness (QED) is 0.753. The van der Waals surface area contributed by atoms with Gasteiger partial charge in [0.1, 0.15) is 5.03 Å². The first-order valence-corrected chi connectivity index (χ1v) is 10.7. The van der Waals surface area contributed by atoms with Gasteiger partial charge in [0, 0.05) is 35.8 Å². The highest BCUT2D eigenvalue weighted by molar-refractivity contribution is 7.99. The molecule has 1 aromatic carbocycles. The van der Waals surface area contributed by atoms with Crippen LogP contribution in [0.4, 0.5) is 5.69 Å². The SMILES string of the molecule is CC1CCCN(C(=O)c2ccc3c(c2)Sc2ncccc2C(=O)N3C(C)C)C1. The van der Waals surface area contributed by atoms with E-state index < -0.39 is 0 Å². The van der Waals surface area contributed by atoms with Gasteiger partial charge < -0.3 is 9.80 Å². The molecule has 5 nitrogen and oxygen atoms in total. The van der Waals surface area contributed by atoms with Crippen molar-refractivity contribution in [1.82, 2.24) is 9.88 Å². The smallest absolute Gasteiger partial charge is 0.261 e. The zero-order chi connectivity index (χ0) is 19.8. The number of pyridine rings is 1. The second-order valence-electron chi connectivity index (χ2n) is 7.91. The molecule has 1 unspecified atom stereocenters. The van der Waals surface area contributed by atoms with Crippen molar-refractivity contribution in [2.24, 2.45) is 5.92 Å². The number of likely N-dealkylation sites (tertiary alicyclic amines) is 1. The highest BCUT2D eigenvalue weighted by Crippen LogP contribution is 2.41. The van der Waals surface area contributed by atoms with E-state index in [0.717, 1.165) is 30.1 Å². The Morgan fingerprint density at radius 1 is 1.29 bits per heavy atom. The summed E-state index contributed by atoms with van der Waals surface area (Å²) in [5.74, 6) is 0.564. The lowest BCUT2D eigenvalue weighted by Gasteiger charge is -2.31. The number of anilines is 1. The monoisotopic (exact) mass is 395 g/mol. The molecule has 1 atom stereocenters. The van der Waals surface area contributed by atoms with E-state index in [1.807, 2.05) is 43.0 Å². The number of piperidine rings is 1. The molecule has 1 saturated heterocycles. The van der Waals surface area contributed by atoms with Crippen LogP contribution < -0.4 is 4.90 Å². The number of nitrogens with zero attached hydrogens (tertiary/aromatic N) is 3. The van der Waals surface area contributed by atoms with Crippen molar-refractivity contribution in [2.75, 3.05) is 18.0 Å². The standard InChI is InChI=1S/C22H25N3O2S/c1-14(2)25-18-9-8-16(21(26)24-11-5-6-15(3)13-24)12-19(18)28-20-17(22(25)27)7-4-10-23-20/h4,7-10,12,14-15H,5-6,11,13H2,1-3H3. The van der Waals surface area contributed by atoms with Gasteiger partial charge in [0.15, 0.2) is 0 Å². The highest BCUT2D eigenvalue weighted by atomic mass is 32.2. The van der Waals surface area contributed by atoms with Gasteiger partial charge in [-0.05, 0) is 62.9 Å². The van der Waals surface area contributed by atoms with Gasteiger partial charge in [0.25, 0.3) is 11.8 Å². The third kappa shape index (κ3) is 3.41. The van der Waals surface area contributed by atoms with Gasteiger partial charge in [-0.3, -0.25) is 9.59 Å². The fourth-order valence-electron chi connectivity index (χ4n) is 3.98. The number of hydrogen-bond acceptors (Lipinski definition) is 4. The van der Waals surface area contributed by atoms with Gasteiger partial charge >= 0.3 is 0 Å². The Morgan fingerprint density at radius 2 is 2.11 bits per heavy atom. The van der Waals surface area contributed by atoms with Crippen LogP contribution >= 0.6 is 11.8 Å². The summed E-state index contributed by atoms with van der Waals surface area (Å²) in [5, 5.41) is 0.688. The number of aromatic nitrogens is 1. The van der Waals surface area contributed by atoms with Crippen LogP contribution in [0.25, 0.3) is 0 Å². The number of carbonyl (C=O) groups is 2. The number of fused-ring (bicyclic) bond motifs is 2. The third-order valence-corrected chi connectivity index (χ3v) is 6.42. The van der Waals surface area contributed by atoms with E-state index in [2.05, 4.69) is 11.9 Å². The molecule has 28 heavy (non-hydrogen) atoms. The fourth-order valence-corrected chi connectivity index (χ4v) is 5.02. The van der Waals surface area contributed by atoms with Crippen LogP contribution in [0.5, 0.6) is 0 Å². The second-order valence-corrected chi connectivity index (χ2v) is 8.94. The molecule has 2 aliphatic heterocycles. The predicted molar refractivity (Wildman–Crippen MR) is 111 cm³/mol. The summed E-state index contributed by atoms with van der Waals surface area (Å²) in [6.07, 6.45) is 3.94. The van der Waals surface area contributed by atoms with E-state index >= 15 is 0 Å². The van der Waals surface area contributed by atoms with Crippen LogP contribution in [0, 0.1) is 5.92 Å². The normalized spacial score (nSPS) is 19.3. The van der Waals surface area contributed by atoms with Crippen LogP contribution in [-0.2, 0) is 0 Å². The van der Waals surface area contributed by atoms with Crippen molar-refractivity contribution in [3.8, 4) is 0 Å². The Morgan fingerprint density at radius 3 is 2.86 bits per heavy atom. The van der Waals surface area contributed by atoms with Crippen LogP contribution in [0.3, 0.4) is 0 Å². The molecule has 2 amide bonds. The summed E-state index contributed by atoms with van der Waals surface area (Å²) in [6.45, 7) is 7.82.